The van der Waals surface area contributed by atoms with E-state index < -0.39 is 0 Å². The Balaban J connectivity index is 2.23. The van der Waals surface area contributed by atoms with Gasteiger partial charge in [-0.2, -0.15) is 0 Å². The monoisotopic (exact) mass is 393 g/mol. The third-order valence-electron chi connectivity index (χ3n) is 5.80. The van der Waals surface area contributed by atoms with Crippen LogP contribution in [0.1, 0.15) is 50.8 Å². The number of fused-ring (bicyclic) bond motifs is 1. The molecular weight excluding hydrogens is 358 g/mol. The summed E-state index contributed by atoms with van der Waals surface area (Å²) in [5.41, 5.74) is 5.25. The number of rotatable bonds is 6. The molecule has 2 aromatic rings. The summed E-state index contributed by atoms with van der Waals surface area (Å²) >= 11 is 0. The smallest absolute Gasteiger partial charge is 0.161 e. The van der Waals surface area contributed by atoms with E-state index in [1.54, 1.807) is 14.2 Å². The molecule has 0 radical (unpaired) electrons. The minimum Gasteiger partial charge on any atom is -0.493 e. The summed E-state index contributed by atoms with van der Waals surface area (Å²) in [5, 5.41) is 0. The number of methoxy groups -OCH3 is 2. The number of ether oxygens (including phenoxy) is 2. The van der Waals surface area contributed by atoms with Crippen molar-refractivity contribution in [2.24, 2.45) is 5.92 Å². The minimum absolute atomic E-state index is 0.370. The standard InChI is InChI=1S/C26H35NO2/c1-18(2)14-24-23(15-20-10-8-7-9-11-20)22-17-26(29-6)25(28-5)16-21(22)12-13-27(24)19(3)4/h7-11,15-19,24H,12-14H2,1-6H3/b23-15-. The van der Waals surface area contributed by atoms with E-state index in [9.17, 15) is 0 Å². The molecule has 0 aromatic heterocycles. The molecule has 0 aliphatic carbocycles. The minimum atomic E-state index is 0.370. The summed E-state index contributed by atoms with van der Waals surface area (Å²) in [6, 6.07) is 15.9. The van der Waals surface area contributed by atoms with Gasteiger partial charge in [0.05, 0.1) is 14.2 Å². The summed E-state index contributed by atoms with van der Waals surface area (Å²) in [6.45, 7) is 10.3. The lowest BCUT2D eigenvalue weighted by Crippen LogP contribution is -2.41. The third-order valence-corrected chi connectivity index (χ3v) is 5.80. The van der Waals surface area contributed by atoms with Gasteiger partial charge in [-0.3, -0.25) is 4.90 Å². The van der Waals surface area contributed by atoms with Crippen molar-refractivity contribution in [1.82, 2.24) is 4.90 Å². The summed E-state index contributed by atoms with van der Waals surface area (Å²) < 4.78 is 11.3. The largest absolute Gasteiger partial charge is 0.493 e. The van der Waals surface area contributed by atoms with E-state index in [0.717, 1.165) is 30.9 Å². The normalized spacial score (nSPS) is 18.8. The number of hydrogen-bond donors (Lipinski definition) is 0. The first-order chi connectivity index (χ1) is 13.9. The van der Waals surface area contributed by atoms with Gasteiger partial charge in [-0.1, -0.05) is 44.2 Å². The molecule has 156 valence electrons. The van der Waals surface area contributed by atoms with Crippen molar-refractivity contribution in [1.29, 1.82) is 0 Å². The van der Waals surface area contributed by atoms with Crippen LogP contribution >= 0.6 is 0 Å². The van der Waals surface area contributed by atoms with Crippen molar-refractivity contribution in [2.45, 2.75) is 52.6 Å². The molecule has 3 heteroatoms. The Morgan fingerprint density at radius 2 is 1.66 bits per heavy atom. The molecule has 1 atom stereocenters. The second-order valence-electron chi connectivity index (χ2n) is 8.60. The Morgan fingerprint density at radius 1 is 1.00 bits per heavy atom. The topological polar surface area (TPSA) is 21.7 Å². The maximum Gasteiger partial charge on any atom is 0.161 e. The quantitative estimate of drug-likeness (QED) is 0.607. The van der Waals surface area contributed by atoms with E-state index >= 15 is 0 Å². The SMILES string of the molecule is COc1cc2c(cc1OC)/C(=C/c1ccccc1)C(CC(C)C)N(C(C)C)CC2. The van der Waals surface area contributed by atoms with Crippen LogP contribution in [0.25, 0.3) is 11.6 Å². The maximum absolute atomic E-state index is 5.67. The average molecular weight is 394 g/mol. The van der Waals surface area contributed by atoms with Crippen LogP contribution in [-0.4, -0.2) is 37.7 Å². The Kier molecular flexibility index (Phi) is 7.02. The molecule has 1 aliphatic rings. The maximum atomic E-state index is 5.67. The van der Waals surface area contributed by atoms with Crippen molar-refractivity contribution in [3.8, 4) is 11.5 Å². The van der Waals surface area contributed by atoms with E-state index in [2.05, 4.69) is 81.1 Å². The van der Waals surface area contributed by atoms with Crippen LogP contribution in [0.2, 0.25) is 0 Å². The van der Waals surface area contributed by atoms with Crippen LogP contribution < -0.4 is 9.47 Å². The van der Waals surface area contributed by atoms with Gasteiger partial charge < -0.3 is 9.47 Å². The van der Waals surface area contributed by atoms with Gasteiger partial charge in [0.2, 0.25) is 0 Å². The molecule has 2 aromatic carbocycles. The second-order valence-corrected chi connectivity index (χ2v) is 8.60. The lowest BCUT2D eigenvalue weighted by Gasteiger charge is -2.36. The van der Waals surface area contributed by atoms with Crippen molar-refractivity contribution >= 4 is 11.6 Å². The highest BCUT2D eigenvalue weighted by Gasteiger charge is 2.31. The van der Waals surface area contributed by atoms with Crippen LogP contribution in [0.5, 0.6) is 11.5 Å². The summed E-state index contributed by atoms with van der Waals surface area (Å²) in [6.07, 6.45) is 4.51. The van der Waals surface area contributed by atoms with Crippen LogP contribution in [-0.2, 0) is 6.42 Å². The molecule has 1 unspecified atom stereocenters. The Hall–Kier alpha value is -2.26. The summed E-state index contributed by atoms with van der Waals surface area (Å²) in [5.74, 6) is 2.22. The highest BCUT2D eigenvalue weighted by Crippen LogP contribution is 2.40. The summed E-state index contributed by atoms with van der Waals surface area (Å²) in [7, 11) is 3.43. The van der Waals surface area contributed by atoms with Gasteiger partial charge in [0, 0.05) is 18.6 Å². The zero-order valence-corrected chi connectivity index (χ0v) is 18.7. The van der Waals surface area contributed by atoms with Gasteiger partial charge in [-0.05, 0) is 73.1 Å². The van der Waals surface area contributed by atoms with Gasteiger partial charge in [0.25, 0.3) is 0 Å². The molecule has 0 bridgehead atoms. The zero-order chi connectivity index (χ0) is 21.0. The van der Waals surface area contributed by atoms with E-state index in [1.807, 2.05) is 0 Å². The van der Waals surface area contributed by atoms with Crippen LogP contribution in [0.3, 0.4) is 0 Å². The fraction of sp³-hybridized carbons (Fsp3) is 0.462. The van der Waals surface area contributed by atoms with Gasteiger partial charge in [0.1, 0.15) is 0 Å². The predicted molar refractivity (Wildman–Crippen MR) is 123 cm³/mol. The third kappa shape index (κ3) is 4.84. The molecule has 0 spiro atoms. The Bertz CT molecular complexity index is 839. The predicted octanol–water partition coefficient (Wildman–Crippen LogP) is 5.93. The molecule has 1 aliphatic heterocycles. The number of benzene rings is 2. The van der Waals surface area contributed by atoms with Crippen molar-refractivity contribution in [3.63, 3.8) is 0 Å². The molecule has 0 amide bonds. The highest BCUT2D eigenvalue weighted by molar-refractivity contribution is 5.87. The first-order valence-corrected chi connectivity index (χ1v) is 10.7. The van der Waals surface area contributed by atoms with Crippen molar-refractivity contribution < 1.29 is 9.47 Å². The lowest BCUT2D eigenvalue weighted by atomic mass is 9.87. The molecule has 0 saturated heterocycles. The second kappa shape index (κ2) is 9.49. The van der Waals surface area contributed by atoms with Crippen LogP contribution in [0.15, 0.2) is 42.5 Å². The molecule has 0 N–H and O–H groups in total. The summed E-state index contributed by atoms with van der Waals surface area (Å²) in [4.78, 5) is 2.66. The lowest BCUT2D eigenvalue weighted by molar-refractivity contribution is 0.175. The highest BCUT2D eigenvalue weighted by atomic mass is 16.5. The molecule has 3 nitrogen and oxygen atoms in total. The molecule has 29 heavy (non-hydrogen) atoms. The van der Waals surface area contributed by atoms with Crippen molar-refractivity contribution in [2.75, 3.05) is 20.8 Å². The molecule has 0 fully saturated rings. The van der Waals surface area contributed by atoms with Gasteiger partial charge in [0.15, 0.2) is 11.5 Å². The van der Waals surface area contributed by atoms with Crippen LogP contribution in [0, 0.1) is 5.92 Å². The molecular formula is C26H35NO2. The fourth-order valence-electron chi connectivity index (χ4n) is 4.39. The zero-order valence-electron chi connectivity index (χ0n) is 18.7. The molecule has 1 heterocycles. The molecule has 3 rings (SSSR count). The van der Waals surface area contributed by atoms with Crippen LogP contribution in [0.4, 0.5) is 0 Å². The number of nitrogens with zero attached hydrogens (tertiary/aromatic N) is 1. The Labute approximate surface area is 176 Å². The van der Waals surface area contributed by atoms with Gasteiger partial charge in [-0.15, -0.1) is 0 Å². The van der Waals surface area contributed by atoms with E-state index in [-0.39, 0.29) is 0 Å². The Morgan fingerprint density at radius 3 is 2.24 bits per heavy atom. The number of hydrogen-bond acceptors (Lipinski definition) is 3. The first-order valence-electron chi connectivity index (χ1n) is 10.7. The van der Waals surface area contributed by atoms with E-state index in [1.165, 1.54) is 22.3 Å². The molecule has 0 saturated carbocycles. The average Bonchev–Trinajstić information content (AvgIpc) is 2.84. The van der Waals surface area contributed by atoms with Crippen molar-refractivity contribution in [3.05, 3.63) is 59.2 Å². The first kappa shape index (κ1) is 21.4. The van der Waals surface area contributed by atoms with Gasteiger partial charge >= 0.3 is 0 Å². The van der Waals surface area contributed by atoms with Gasteiger partial charge in [-0.25, -0.2) is 0 Å². The van der Waals surface area contributed by atoms with E-state index in [0.29, 0.717) is 18.0 Å². The fourth-order valence-corrected chi connectivity index (χ4v) is 4.39. The van der Waals surface area contributed by atoms with E-state index in [4.69, 9.17) is 9.47 Å².